The number of hydrogen-bond donors (Lipinski definition) is 1. The monoisotopic (exact) mass is 213 g/mol. The predicted molar refractivity (Wildman–Crippen MR) is 47.5 cm³/mol. The van der Waals surface area contributed by atoms with Crippen LogP contribution in [0.15, 0.2) is 23.4 Å². The van der Waals surface area contributed by atoms with Crippen LogP contribution in [0.1, 0.15) is 5.69 Å². The Morgan fingerprint density at radius 1 is 1.50 bits per heavy atom. The van der Waals surface area contributed by atoms with Gasteiger partial charge in [0, 0.05) is 12.4 Å². The molecule has 2 aromatic heterocycles. The molecule has 0 saturated carbocycles. The van der Waals surface area contributed by atoms with Crippen LogP contribution in [-0.4, -0.2) is 27.6 Å². The average Bonchev–Trinajstić information content (AvgIpc) is 2.38. The molecule has 14 heavy (non-hydrogen) atoms. The van der Waals surface area contributed by atoms with E-state index in [0.717, 1.165) is 0 Å². The molecule has 7 heteroatoms. The summed E-state index contributed by atoms with van der Waals surface area (Å²) in [6.07, 6.45) is 3.00. The van der Waals surface area contributed by atoms with Crippen molar-refractivity contribution >= 4 is 15.8 Å². The highest BCUT2D eigenvalue weighted by molar-refractivity contribution is 7.86. The molecule has 6 nitrogen and oxygen atoms in total. The Bertz CT molecular complexity index is 587. The molecule has 0 aliphatic carbocycles. The fourth-order valence-corrected chi connectivity index (χ4v) is 2.07. The fourth-order valence-electron chi connectivity index (χ4n) is 1.28. The Morgan fingerprint density at radius 3 is 2.86 bits per heavy atom. The van der Waals surface area contributed by atoms with Crippen LogP contribution in [0.5, 0.6) is 0 Å². The molecular formula is C7H7N3O3S. The molecular weight excluding hydrogens is 206 g/mol. The number of rotatable bonds is 1. The van der Waals surface area contributed by atoms with E-state index in [2.05, 4.69) is 10.1 Å². The van der Waals surface area contributed by atoms with Crippen LogP contribution in [0.4, 0.5) is 0 Å². The number of hydrogen-bond acceptors (Lipinski definition) is 4. The van der Waals surface area contributed by atoms with E-state index >= 15 is 0 Å². The molecule has 0 atom stereocenters. The number of fused-ring (bicyclic) bond motifs is 1. The van der Waals surface area contributed by atoms with Crippen molar-refractivity contribution in [1.29, 1.82) is 0 Å². The minimum absolute atomic E-state index is 0.132. The normalized spacial score (nSPS) is 12.1. The van der Waals surface area contributed by atoms with Gasteiger partial charge in [-0.25, -0.2) is 9.50 Å². The van der Waals surface area contributed by atoms with E-state index in [1.807, 2.05) is 0 Å². The molecule has 0 aromatic carbocycles. The molecule has 0 aliphatic rings. The molecule has 0 aliphatic heterocycles. The smallest absolute Gasteiger partial charge is 0.282 e. The summed E-state index contributed by atoms with van der Waals surface area (Å²) < 4.78 is 32.2. The highest BCUT2D eigenvalue weighted by Gasteiger charge is 2.21. The zero-order chi connectivity index (χ0) is 10.3. The molecule has 2 aromatic rings. The maximum Gasteiger partial charge on any atom is 0.300 e. The average molecular weight is 213 g/mol. The second-order valence-electron chi connectivity index (χ2n) is 2.78. The summed E-state index contributed by atoms with van der Waals surface area (Å²) in [5.41, 5.74) is 0.360. The van der Waals surface area contributed by atoms with E-state index < -0.39 is 10.1 Å². The summed E-state index contributed by atoms with van der Waals surface area (Å²) in [7, 11) is -4.26. The Kier molecular flexibility index (Phi) is 1.79. The zero-order valence-electron chi connectivity index (χ0n) is 7.25. The first-order valence-electron chi connectivity index (χ1n) is 3.77. The maximum atomic E-state index is 11.0. The van der Waals surface area contributed by atoms with Crippen LogP contribution in [0, 0.1) is 6.92 Å². The van der Waals surface area contributed by atoms with E-state index in [1.54, 1.807) is 12.3 Å². The van der Waals surface area contributed by atoms with Crippen molar-refractivity contribution in [2.75, 3.05) is 0 Å². The Hall–Kier alpha value is -1.47. The molecule has 1 N–H and O–H groups in total. The van der Waals surface area contributed by atoms with Gasteiger partial charge in [0.25, 0.3) is 10.1 Å². The number of aromatic nitrogens is 3. The molecule has 2 rings (SSSR count). The zero-order valence-corrected chi connectivity index (χ0v) is 8.06. The number of nitrogens with zero attached hydrogens (tertiary/aromatic N) is 3. The third-order valence-corrected chi connectivity index (χ3v) is 2.77. The van der Waals surface area contributed by atoms with Gasteiger partial charge in [0.15, 0.2) is 10.5 Å². The summed E-state index contributed by atoms with van der Waals surface area (Å²) in [6, 6.07) is 1.62. The summed E-state index contributed by atoms with van der Waals surface area (Å²) in [4.78, 5) is 3.59. The van der Waals surface area contributed by atoms with Gasteiger partial charge >= 0.3 is 0 Å². The molecule has 0 unspecified atom stereocenters. The van der Waals surface area contributed by atoms with Gasteiger partial charge < -0.3 is 0 Å². The molecule has 0 amide bonds. The van der Waals surface area contributed by atoms with Gasteiger partial charge in [0.1, 0.15) is 0 Å². The first kappa shape index (κ1) is 9.10. The van der Waals surface area contributed by atoms with E-state index in [-0.39, 0.29) is 16.2 Å². The van der Waals surface area contributed by atoms with Gasteiger partial charge in [-0.15, -0.1) is 0 Å². The van der Waals surface area contributed by atoms with Crippen LogP contribution in [0.2, 0.25) is 0 Å². The highest BCUT2D eigenvalue weighted by atomic mass is 32.2. The van der Waals surface area contributed by atoms with Crippen LogP contribution < -0.4 is 0 Å². The standard InChI is InChI=1S/C7H7N3O3S/c1-5-6(14(11,12)13)7-8-3-2-4-10(7)9-5/h2-4H,1H3,(H,11,12,13). The van der Waals surface area contributed by atoms with E-state index in [1.165, 1.54) is 17.6 Å². The van der Waals surface area contributed by atoms with Gasteiger partial charge in [0.05, 0.1) is 5.69 Å². The van der Waals surface area contributed by atoms with Crippen molar-refractivity contribution < 1.29 is 13.0 Å². The van der Waals surface area contributed by atoms with Crippen LogP contribution in [-0.2, 0) is 10.1 Å². The number of aryl methyl sites for hydroxylation is 1. The van der Waals surface area contributed by atoms with Crippen molar-refractivity contribution in [3.05, 3.63) is 24.2 Å². The van der Waals surface area contributed by atoms with Gasteiger partial charge in [-0.1, -0.05) is 0 Å². The van der Waals surface area contributed by atoms with Crippen LogP contribution >= 0.6 is 0 Å². The summed E-state index contributed by atoms with van der Waals surface area (Å²) in [6.45, 7) is 1.50. The van der Waals surface area contributed by atoms with Crippen molar-refractivity contribution in [3.63, 3.8) is 0 Å². The molecule has 0 bridgehead atoms. The summed E-state index contributed by atoms with van der Waals surface area (Å²) in [5, 5.41) is 3.89. The Labute approximate surface area is 80.0 Å². The lowest BCUT2D eigenvalue weighted by atomic mass is 10.5. The minimum atomic E-state index is -4.26. The lowest BCUT2D eigenvalue weighted by molar-refractivity contribution is 0.483. The molecule has 0 fully saturated rings. The third kappa shape index (κ3) is 1.26. The first-order valence-corrected chi connectivity index (χ1v) is 5.21. The third-order valence-electron chi connectivity index (χ3n) is 1.77. The topological polar surface area (TPSA) is 84.6 Å². The second-order valence-corrected chi connectivity index (χ2v) is 4.14. The van der Waals surface area contributed by atoms with Crippen molar-refractivity contribution in [2.45, 2.75) is 11.8 Å². The Balaban J connectivity index is 2.95. The minimum Gasteiger partial charge on any atom is -0.282 e. The van der Waals surface area contributed by atoms with Crippen molar-refractivity contribution in [2.24, 2.45) is 0 Å². The van der Waals surface area contributed by atoms with Gasteiger partial charge in [0.2, 0.25) is 0 Å². The van der Waals surface area contributed by atoms with Gasteiger partial charge in [-0.05, 0) is 13.0 Å². The van der Waals surface area contributed by atoms with Crippen molar-refractivity contribution in [3.8, 4) is 0 Å². The largest absolute Gasteiger partial charge is 0.300 e. The Morgan fingerprint density at radius 2 is 2.21 bits per heavy atom. The first-order chi connectivity index (χ1) is 6.50. The van der Waals surface area contributed by atoms with Crippen LogP contribution in [0.25, 0.3) is 5.65 Å². The van der Waals surface area contributed by atoms with Crippen molar-refractivity contribution in [1.82, 2.24) is 14.6 Å². The summed E-state index contributed by atoms with van der Waals surface area (Å²) in [5.74, 6) is 0. The summed E-state index contributed by atoms with van der Waals surface area (Å²) >= 11 is 0. The lowest BCUT2D eigenvalue weighted by Crippen LogP contribution is -2.00. The fraction of sp³-hybridized carbons (Fsp3) is 0.143. The molecule has 0 radical (unpaired) electrons. The molecule has 0 spiro atoms. The molecule has 2 heterocycles. The SMILES string of the molecule is Cc1nn2cccnc2c1S(=O)(=O)O. The molecule has 74 valence electrons. The van der Waals surface area contributed by atoms with Crippen LogP contribution in [0.3, 0.4) is 0 Å². The van der Waals surface area contributed by atoms with E-state index in [4.69, 9.17) is 4.55 Å². The highest BCUT2D eigenvalue weighted by Crippen LogP contribution is 2.17. The van der Waals surface area contributed by atoms with E-state index in [9.17, 15) is 8.42 Å². The molecule has 0 saturated heterocycles. The van der Waals surface area contributed by atoms with Gasteiger partial charge in [-0.2, -0.15) is 13.5 Å². The second kappa shape index (κ2) is 2.76. The van der Waals surface area contributed by atoms with E-state index in [0.29, 0.717) is 0 Å². The predicted octanol–water partition coefficient (Wildman–Crippen LogP) is 0.284. The maximum absolute atomic E-state index is 11.0. The lowest BCUT2D eigenvalue weighted by Gasteiger charge is -1.93. The van der Waals surface area contributed by atoms with Gasteiger partial charge in [-0.3, -0.25) is 4.55 Å². The quantitative estimate of drug-likeness (QED) is 0.688.